The molecule has 0 spiro atoms. The molecule has 108 valence electrons. The first-order valence-corrected chi connectivity index (χ1v) is 7.88. The van der Waals surface area contributed by atoms with Crippen LogP contribution in [0, 0.1) is 17.5 Å². The number of aromatic amines is 1. The summed E-state index contributed by atoms with van der Waals surface area (Å²) in [6.45, 7) is 2.70. The zero-order valence-electron chi connectivity index (χ0n) is 11.5. The van der Waals surface area contributed by atoms with Gasteiger partial charge in [-0.05, 0) is 67.0 Å². The van der Waals surface area contributed by atoms with Crippen molar-refractivity contribution < 1.29 is 4.39 Å². The van der Waals surface area contributed by atoms with Gasteiger partial charge in [-0.2, -0.15) is 0 Å². The lowest BCUT2D eigenvalue weighted by atomic mass is 10.1. The Labute approximate surface area is 135 Å². The number of imidazole rings is 1. The minimum atomic E-state index is -0.191. The van der Waals surface area contributed by atoms with Gasteiger partial charge in [-0.15, -0.1) is 0 Å². The number of rotatable bonds is 3. The highest BCUT2D eigenvalue weighted by molar-refractivity contribution is 9.10. The van der Waals surface area contributed by atoms with Crippen molar-refractivity contribution in [2.75, 3.05) is 0 Å². The highest BCUT2D eigenvalue weighted by Gasteiger charge is 2.06. The van der Waals surface area contributed by atoms with E-state index in [2.05, 4.69) is 31.5 Å². The third-order valence-electron chi connectivity index (χ3n) is 3.65. The third-order valence-corrected chi connectivity index (χ3v) is 4.46. The SMILES string of the molecule is Cc1cc(F)ccc1CCn1c(=S)[nH]c2ccc(Br)cc21. The van der Waals surface area contributed by atoms with Crippen molar-refractivity contribution in [3.63, 3.8) is 0 Å². The number of nitrogens with one attached hydrogen (secondary N) is 1. The van der Waals surface area contributed by atoms with Crippen molar-refractivity contribution in [3.8, 4) is 0 Å². The van der Waals surface area contributed by atoms with E-state index >= 15 is 0 Å². The normalized spacial score (nSPS) is 11.2. The van der Waals surface area contributed by atoms with Gasteiger partial charge >= 0.3 is 0 Å². The molecule has 0 amide bonds. The average molecular weight is 365 g/mol. The van der Waals surface area contributed by atoms with Crippen LogP contribution in [-0.2, 0) is 13.0 Å². The van der Waals surface area contributed by atoms with Gasteiger partial charge in [0.15, 0.2) is 4.77 Å². The van der Waals surface area contributed by atoms with E-state index in [1.807, 2.05) is 25.1 Å². The zero-order valence-corrected chi connectivity index (χ0v) is 13.9. The molecule has 0 saturated heterocycles. The summed E-state index contributed by atoms with van der Waals surface area (Å²) in [5.74, 6) is -0.191. The van der Waals surface area contributed by atoms with Crippen LogP contribution in [0.5, 0.6) is 0 Å². The predicted octanol–water partition coefficient (Wildman–Crippen LogP) is 5.15. The second kappa shape index (κ2) is 5.73. The molecule has 0 saturated carbocycles. The van der Waals surface area contributed by atoms with Gasteiger partial charge in [0.05, 0.1) is 11.0 Å². The van der Waals surface area contributed by atoms with Crippen molar-refractivity contribution in [2.45, 2.75) is 19.9 Å². The molecule has 2 nitrogen and oxygen atoms in total. The molecule has 0 atom stereocenters. The maximum absolute atomic E-state index is 13.1. The fourth-order valence-corrected chi connectivity index (χ4v) is 3.17. The minimum absolute atomic E-state index is 0.191. The highest BCUT2D eigenvalue weighted by Crippen LogP contribution is 2.20. The summed E-state index contributed by atoms with van der Waals surface area (Å²) in [4.78, 5) is 3.21. The van der Waals surface area contributed by atoms with Gasteiger partial charge in [0.25, 0.3) is 0 Å². The molecule has 0 bridgehead atoms. The third kappa shape index (κ3) is 2.94. The van der Waals surface area contributed by atoms with Gasteiger partial charge < -0.3 is 9.55 Å². The van der Waals surface area contributed by atoms with E-state index in [-0.39, 0.29) is 5.82 Å². The maximum Gasteiger partial charge on any atom is 0.178 e. The van der Waals surface area contributed by atoms with Gasteiger partial charge in [-0.25, -0.2) is 4.39 Å². The summed E-state index contributed by atoms with van der Waals surface area (Å²) in [5.41, 5.74) is 4.22. The smallest absolute Gasteiger partial charge is 0.178 e. The second-order valence-corrected chi connectivity index (χ2v) is 6.37. The fraction of sp³-hybridized carbons (Fsp3) is 0.188. The summed E-state index contributed by atoms with van der Waals surface area (Å²) < 4.78 is 17.0. The lowest BCUT2D eigenvalue weighted by molar-refractivity contribution is 0.624. The molecule has 5 heteroatoms. The minimum Gasteiger partial charge on any atom is -0.331 e. The van der Waals surface area contributed by atoms with E-state index in [0.29, 0.717) is 4.77 Å². The van der Waals surface area contributed by atoms with Crippen LogP contribution in [0.3, 0.4) is 0 Å². The number of halogens is 2. The van der Waals surface area contributed by atoms with Crippen LogP contribution in [0.25, 0.3) is 11.0 Å². The summed E-state index contributed by atoms with van der Waals surface area (Å²) in [6, 6.07) is 11.0. The molecule has 1 aromatic heterocycles. The lowest BCUT2D eigenvalue weighted by Crippen LogP contribution is -2.03. The van der Waals surface area contributed by atoms with E-state index in [0.717, 1.165) is 39.6 Å². The van der Waals surface area contributed by atoms with Gasteiger partial charge in [0, 0.05) is 11.0 Å². The molecule has 0 aliphatic heterocycles. The lowest BCUT2D eigenvalue weighted by Gasteiger charge is -2.08. The van der Waals surface area contributed by atoms with Crippen LogP contribution in [0.1, 0.15) is 11.1 Å². The van der Waals surface area contributed by atoms with Crippen LogP contribution >= 0.6 is 28.1 Å². The summed E-state index contributed by atoms with van der Waals surface area (Å²) in [5, 5.41) is 0. The summed E-state index contributed by atoms with van der Waals surface area (Å²) in [7, 11) is 0. The Hall–Kier alpha value is -1.46. The molecule has 3 rings (SSSR count). The quantitative estimate of drug-likeness (QED) is 0.637. The number of nitrogens with zero attached hydrogens (tertiary/aromatic N) is 1. The molecule has 3 aromatic rings. The zero-order chi connectivity index (χ0) is 15.0. The van der Waals surface area contributed by atoms with Crippen LogP contribution in [0.4, 0.5) is 4.39 Å². The standard InChI is InChI=1S/C16H14BrFN2S/c1-10-8-13(18)4-2-11(10)6-7-20-15-9-12(17)3-5-14(15)19-16(20)21/h2-5,8-9H,6-7H2,1H3,(H,19,21). The molecule has 2 aromatic carbocycles. The number of H-pyrrole nitrogens is 1. The Morgan fingerprint density at radius 1 is 1.24 bits per heavy atom. The Morgan fingerprint density at radius 2 is 2.05 bits per heavy atom. The van der Waals surface area contributed by atoms with E-state index < -0.39 is 0 Å². The Bertz CT molecular complexity index is 866. The van der Waals surface area contributed by atoms with E-state index in [1.165, 1.54) is 6.07 Å². The maximum atomic E-state index is 13.1. The first-order chi connectivity index (χ1) is 10.0. The number of hydrogen-bond donors (Lipinski definition) is 1. The number of aromatic nitrogens is 2. The molecule has 21 heavy (non-hydrogen) atoms. The van der Waals surface area contributed by atoms with Crippen molar-refractivity contribution in [2.24, 2.45) is 0 Å². The van der Waals surface area contributed by atoms with Gasteiger partial charge in [-0.1, -0.05) is 22.0 Å². The number of aryl methyl sites for hydroxylation is 3. The van der Waals surface area contributed by atoms with E-state index in [4.69, 9.17) is 12.2 Å². The Balaban J connectivity index is 1.93. The van der Waals surface area contributed by atoms with Crippen LogP contribution in [-0.4, -0.2) is 9.55 Å². The van der Waals surface area contributed by atoms with E-state index in [1.54, 1.807) is 6.07 Å². The highest BCUT2D eigenvalue weighted by atomic mass is 79.9. The Kier molecular flexibility index (Phi) is 3.95. The average Bonchev–Trinajstić information content (AvgIpc) is 2.73. The van der Waals surface area contributed by atoms with E-state index in [9.17, 15) is 4.39 Å². The molecular weight excluding hydrogens is 351 g/mol. The fourth-order valence-electron chi connectivity index (χ4n) is 2.52. The van der Waals surface area contributed by atoms with Crippen molar-refractivity contribution >= 4 is 39.2 Å². The van der Waals surface area contributed by atoms with Gasteiger partial charge in [-0.3, -0.25) is 0 Å². The number of hydrogen-bond acceptors (Lipinski definition) is 1. The Morgan fingerprint density at radius 3 is 2.81 bits per heavy atom. The second-order valence-electron chi connectivity index (χ2n) is 5.06. The van der Waals surface area contributed by atoms with Crippen molar-refractivity contribution in [1.29, 1.82) is 0 Å². The molecular formula is C16H14BrFN2S. The monoisotopic (exact) mass is 364 g/mol. The van der Waals surface area contributed by atoms with Gasteiger partial charge in [0.1, 0.15) is 5.82 Å². The van der Waals surface area contributed by atoms with Crippen molar-refractivity contribution in [3.05, 3.63) is 62.6 Å². The molecule has 1 heterocycles. The van der Waals surface area contributed by atoms with Crippen LogP contribution < -0.4 is 0 Å². The summed E-state index contributed by atoms with van der Waals surface area (Å²) >= 11 is 8.89. The predicted molar refractivity (Wildman–Crippen MR) is 89.7 cm³/mol. The first kappa shape index (κ1) is 14.5. The van der Waals surface area contributed by atoms with Gasteiger partial charge in [0.2, 0.25) is 0 Å². The van der Waals surface area contributed by atoms with Crippen LogP contribution in [0.15, 0.2) is 40.9 Å². The van der Waals surface area contributed by atoms with Crippen molar-refractivity contribution in [1.82, 2.24) is 9.55 Å². The van der Waals surface area contributed by atoms with Crippen LogP contribution in [0.2, 0.25) is 0 Å². The molecule has 0 unspecified atom stereocenters. The molecule has 0 fully saturated rings. The molecule has 0 radical (unpaired) electrons. The summed E-state index contributed by atoms with van der Waals surface area (Å²) in [6.07, 6.45) is 0.819. The largest absolute Gasteiger partial charge is 0.331 e. The first-order valence-electron chi connectivity index (χ1n) is 6.68. The molecule has 0 aliphatic rings. The topological polar surface area (TPSA) is 20.7 Å². The number of fused-ring (bicyclic) bond motifs is 1. The molecule has 1 N–H and O–H groups in total. The molecule has 0 aliphatic carbocycles. The number of benzene rings is 2.